The number of aromatic nitrogens is 3. The zero-order valence-electron chi connectivity index (χ0n) is 24.6. The number of methoxy groups -OCH3 is 6. The highest BCUT2D eigenvalue weighted by molar-refractivity contribution is 5.87. The van der Waals surface area contributed by atoms with E-state index in [1.54, 1.807) is 71.7 Å². The maximum absolute atomic E-state index is 5.48. The van der Waals surface area contributed by atoms with Crippen LogP contribution < -0.4 is 28.4 Å². The second-order valence-electron chi connectivity index (χ2n) is 9.01. The third-order valence-electron chi connectivity index (χ3n) is 6.54. The lowest BCUT2D eigenvalue weighted by Gasteiger charge is -2.12. The van der Waals surface area contributed by atoms with Crippen molar-refractivity contribution < 1.29 is 28.4 Å². The Kier molecular flexibility index (Phi) is 8.55. The maximum Gasteiger partial charge on any atom is 0.203 e. The summed E-state index contributed by atoms with van der Waals surface area (Å²) in [6, 6.07) is 20.6. The third-order valence-corrected chi connectivity index (χ3v) is 6.54. The predicted molar refractivity (Wildman–Crippen MR) is 163 cm³/mol. The number of para-hydroxylation sites is 1. The number of nitrogens with zero attached hydrogens (tertiary/aromatic N) is 3. The Hall–Kier alpha value is -5.80. The van der Waals surface area contributed by atoms with Gasteiger partial charge in [0.15, 0.2) is 23.0 Å². The van der Waals surface area contributed by atoms with Crippen LogP contribution >= 0.6 is 0 Å². The van der Waals surface area contributed by atoms with Crippen LogP contribution in [-0.2, 0) is 0 Å². The Labute approximate surface area is 249 Å². The van der Waals surface area contributed by atoms with E-state index in [9.17, 15) is 0 Å². The summed E-state index contributed by atoms with van der Waals surface area (Å²) in [6.07, 6.45) is 0. The second kappa shape index (κ2) is 12.8. The predicted octanol–water partition coefficient (Wildman–Crippen LogP) is 5.27. The Morgan fingerprint density at radius 3 is 1.23 bits per heavy atom. The van der Waals surface area contributed by atoms with E-state index < -0.39 is 0 Å². The van der Waals surface area contributed by atoms with Crippen molar-refractivity contribution in [3.05, 3.63) is 89.0 Å². The molecule has 0 spiro atoms. The minimum Gasteiger partial charge on any atom is -0.493 e. The Morgan fingerprint density at radius 1 is 0.488 bits per heavy atom. The Bertz CT molecular complexity index is 1740. The molecule has 4 aromatic carbocycles. The fourth-order valence-corrected chi connectivity index (χ4v) is 4.46. The number of rotatable bonds is 7. The number of ether oxygens (including phenoxy) is 6. The van der Waals surface area contributed by atoms with E-state index in [1.807, 2.05) is 42.5 Å². The quantitative estimate of drug-likeness (QED) is 0.243. The Balaban J connectivity index is 1.63. The largest absolute Gasteiger partial charge is 0.493 e. The number of hydrogen-bond donors (Lipinski definition) is 0. The van der Waals surface area contributed by atoms with Crippen LogP contribution in [0.2, 0.25) is 0 Å². The van der Waals surface area contributed by atoms with Gasteiger partial charge in [-0.25, -0.2) is 0 Å². The molecule has 0 aliphatic rings. The molecule has 9 heteroatoms. The molecule has 0 saturated heterocycles. The van der Waals surface area contributed by atoms with Gasteiger partial charge in [0.05, 0.1) is 59.5 Å². The van der Waals surface area contributed by atoms with Gasteiger partial charge in [0.1, 0.15) is 11.0 Å². The Morgan fingerprint density at radius 2 is 0.884 bits per heavy atom. The molecule has 9 nitrogen and oxygen atoms in total. The molecule has 5 rings (SSSR count). The molecule has 0 aliphatic carbocycles. The summed E-state index contributed by atoms with van der Waals surface area (Å²) < 4.78 is 32.8. The van der Waals surface area contributed by atoms with Crippen LogP contribution in [0.15, 0.2) is 66.7 Å². The van der Waals surface area contributed by atoms with Gasteiger partial charge in [0, 0.05) is 11.1 Å². The number of hydrogen-bond acceptors (Lipinski definition) is 8. The molecule has 43 heavy (non-hydrogen) atoms. The smallest absolute Gasteiger partial charge is 0.203 e. The molecule has 0 radical (unpaired) electrons. The van der Waals surface area contributed by atoms with Gasteiger partial charge < -0.3 is 28.4 Å². The van der Waals surface area contributed by atoms with Gasteiger partial charge in [0.2, 0.25) is 11.5 Å². The van der Waals surface area contributed by atoms with Crippen molar-refractivity contribution in [1.29, 1.82) is 0 Å². The highest BCUT2D eigenvalue weighted by Crippen LogP contribution is 2.39. The van der Waals surface area contributed by atoms with E-state index in [1.165, 1.54) is 0 Å². The first-order chi connectivity index (χ1) is 21.0. The van der Waals surface area contributed by atoms with Crippen LogP contribution in [0, 0.1) is 23.7 Å². The van der Waals surface area contributed by atoms with Gasteiger partial charge in [-0.15, -0.1) is 10.2 Å². The van der Waals surface area contributed by atoms with Gasteiger partial charge >= 0.3 is 0 Å². The molecule has 0 fully saturated rings. The molecular weight excluding hydrogens is 546 g/mol. The molecular formula is C34H29N3O6. The highest BCUT2D eigenvalue weighted by Gasteiger charge is 2.15. The highest BCUT2D eigenvalue weighted by atomic mass is 16.5. The van der Waals surface area contributed by atoms with Gasteiger partial charge in [-0.05, 0) is 48.5 Å². The number of fused-ring (bicyclic) bond motifs is 1. The first kappa shape index (κ1) is 28.7. The fourth-order valence-electron chi connectivity index (χ4n) is 4.46. The lowest BCUT2D eigenvalue weighted by atomic mass is 10.1. The number of benzene rings is 4. The molecule has 0 bridgehead atoms. The first-order valence-electron chi connectivity index (χ1n) is 13.1. The monoisotopic (exact) mass is 575 g/mol. The van der Waals surface area contributed by atoms with E-state index >= 15 is 0 Å². The molecule has 1 heterocycles. The van der Waals surface area contributed by atoms with E-state index in [4.69, 9.17) is 38.6 Å². The van der Waals surface area contributed by atoms with Gasteiger partial charge in [0.25, 0.3) is 0 Å². The van der Waals surface area contributed by atoms with E-state index in [0.29, 0.717) is 67.8 Å². The second-order valence-corrected chi connectivity index (χ2v) is 9.01. The summed E-state index contributed by atoms with van der Waals surface area (Å²) in [5, 5.41) is 9.58. The van der Waals surface area contributed by atoms with Crippen LogP contribution in [0.25, 0.3) is 16.7 Å². The summed E-state index contributed by atoms with van der Waals surface area (Å²) >= 11 is 0. The fraction of sp³-hybridized carbons (Fsp3) is 0.176. The summed E-state index contributed by atoms with van der Waals surface area (Å²) in [5.74, 6) is 15.9. The lowest BCUT2D eigenvalue weighted by Crippen LogP contribution is -1.97. The molecule has 0 N–H and O–H groups in total. The summed E-state index contributed by atoms with van der Waals surface area (Å²) in [6.45, 7) is 0. The lowest BCUT2D eigenvalue weighted by molar-refractivity contribution is 0.324. The van der Waals surface area contributed by atoms with E-state index in [-0.39, 0.29) is 0 Å². The van der Waals surface area contributed by atoms with Crippen molar-refractivity contribution in [1.82, 2.24) is 15.0 Å². The van der Waals surface area contributed by atoms with Crippen molar-refractivity contribution >= 4 is 11.0 Å². The topological polar surface area (TPSA) is 86.1 Å². The van der Waals surface area contributed by atoms with E-state index in [2.05, 4.69) is 23.7 Å². The van der Waals surface area contributed by atoms with Crippen LogP contribution in [0.3, 0.4) is 0 Å². The zero-order valence-corrected chi connectivity index (χ0v) is 24.6. The normalized spacial score (nSPS) is 10.2. The van der Waals surface area contributed by atoms with Crippen LogP contribution in [0.4, 0.5) is 0 Å². The molecule has 216 valence electrons. The summed E-state index contributed by atoms with van der Waals surface area (Å²) in [5.41, 5.74) is 4.77. The minimum absolute atomic E-state index is 0.499. The third kappa shape index (κ3) is 5.83. The molecule has 0 unspecified atom stereocenters. The standard InChI is InChI=1S/C34H29N3O6/c1-38-27-18-22(19-28(39-2)33(27)42-5)12-14-24-16-17-25(32-31(24)35-37(36-32)26-10-8-7-9-11-26)15-13-23-20-29(40-3)34(43-6)30(21-23)41-4/h7-11,16-21H,1-6H3. The van der Waals surface area contributed by atoms with Crippen LogP contribution in [-0.4, -0.2) is 57.7 Å². The van der Waals surface area contributed by atoms with Gasteiger partial charge in [-0.1, -0.05) is 41.9 Å². The average Bonchev–Trinajstić information content (AvgIpc) is 3.52. The molecule has 0 saturated carbocycles. The van der Waals surface area contributed by atoms with Crippen molar-refractivity contribution in [2.45, 2.75) is 0 Å². The van der Waals surface area contributed by atoms with Crippen molar-refractivity contribution in [3.8, 4) is 63.9 Å². The molecule has 0 amide bonds. The molecule has 5 aromatic rings. The average molecular weight is 576 g/mol. The first-order valence-corrected chi connectivity index (χ1v) is 13.1. The molecule has 0 aliphatic heterocycles. The maximum atomic E-state index is 5.48. The van der Waals surface area contributed by atoms with Gasteiger partial charge in [-0.3, -0.25) is 0 Å². The van der Waals surface area contributed by atoms with Crippen molar-refractivity contribution in [3.63, 3.8) is 0 Å². The van der Waals surface area contributed by atoms with Crippen molar-refractivity contribution in [2.75, 3.05) is 42.7 Å². The van der Waals surface area contributed by atoms with Crippen LogP contribution in [0.1, 0.15) is 22.3 Å². The molecule has 1 aromatic heterocycles. The summed E-state index contributed by atoms with van der Waals surface area (Å²) in [7, 11) is 9.39. The molecule has 0 atom stereocenters. The SMILES string of the molecule is COc1cc(C#Cc2ccc(C#Cc3cc(OC)c(OC)c(OC)c3)c3nn(-c4ccccc4)nc23)cc(OC)c1OC. The zero-order chi connectivity index (χ0) is 30.3. The summed E-state index contributed by atoms with van der Waals surface area (Å²) in [4.78, 5) is 1.58. The van der Waals surface area contributed by atoms with Crippen LogP contribution in [0.5, 0.6) is 34.5 Å². The van der Waals surface area contributed by atoms with E-state index in [0.717, 1.165) is 5.69 Å². The van der Waals surface area contributed by atoms with Crippen molar-refractivity contribution in [2.24, 2.45) is 0 Å². The minimum atomic E-state index is 0.499. The van der Waals surface area contributed by atoms with Gasteiger partial charge in [-0.2, -0.15) is 4.80 Å².